The summed E-state index contributed by atoms with van der Waals surface area (Å²) in [6.07, 6.45) is 2.16. The summed E-state index contributed by atoms with van der Waals surface area (Å²) in [5.41, 5.74) is 6.35. The molecule has 4 aromatic carbocycles. The Morgan fingerprint density at radius 1 is 0.607 bits per heavy atom. The predicted octanol–water partition coefficient (Wildman–Crippen LogP) is 6.46. The Morgan fingerprint density at radius 3 is 2.11 bits per heavy atom. The van der Waals surface area contributed by atoms with Crippen LogP contribution >= 0.6 is 0 Å². The van der Waals surface area contributed by atoms with Gasteiger partial charge >= 0.3 is 0 Å². The Labute approximate surface area is 165 Å². The number of hydrogen-bond acceptors (Lipinski definition) is 0. The van der Waals surface area contributed by atoms with Crippen LogP contribution in [0.3, 0.4) is 0 Å². The molecule has 5 rings (SSSR count). The number of benzene rings is 4. The van der Waals surface area contributed by atoms with Crippen LogP contribution in [0.1, 0.15) is 5.56 Å². The lowest BCUT2D eigenvalue weighted by Gasteiger charge is -2.11. The summed E-state index contributed by atoms with van der Waals surface area (Å²) in [5.74, 6) is 0. The Morgan fingerprint density at radius 2 is 1.32 bits per heavy atom. The van der Waals surface area contributed by atoms with E-state index in [0.29, 0.717) is 0 Å². The minimum atomic E-state index is 1.25. The van der Waals surface area contributed by atoms with Crippen LogP contribution < -0.4 is 4.57 Å². The molecule has 1 heterocycles. The average Bonchev–Trinajstić information content (AvgIpc) is 2.74. The molecule has 0 unspecified atom stereocenters. The van der Waals surface area contributed by atoms with E-state index < -0.39 is 0 Å². The molecule has 28 heavy (non-hydrogen) atoms. The van der Waals surface area contributed by atoms with Gasteiger partial charge in [-0.25, -0.2) is 4.57 Å². The van der Waals surface area contributed by atoms with E-state index in [1.54, 1.807) is 0 Å². The molecule has 1 nitrogen and oxygen atoms in total. The van der Waals surface area contributed by atoms with Crippen molar-refractivity contribution in [1.29, 1.82) is 0 Å². The summed E-state index contributed by atoms with van der Waals surface area (Å²) in [6.45, 7) is 2.21. The molecule has 0 aliphatic rings. The third-order valence-electron chi connectivity index (χ3n) is 5.59. The fraction of sp³-hybridized carbons (Fsp3) is 0.0741. The summed E-state index contributed by atoms with van der Waals surface area (Å²) in [6, 6.07) is 32.8. The van der Waals surface area contributed by atoms with Gasteiger partial charge in [0, 0.05) is 6.07 Å². The molecule has 0 atom stereocenters. The van der Waals surface area contributed by atoms with Crippen LogP contribution in [0.4, 0.5) is 0 Å². The number of nitrogens with zero attached hydrogens (tertiary/aromatic N) is 1. The van der Waals surface area contributed by atoms with Gasteiger partial charge in [-0.3, -0.25) is 0 Å². The lowest BCUT2D eigenvalue weighted by atomic mass is 9.94. The maximum atomic E-state index is 2.33. The first kappa shape index (κ1) is 16.7. The quantitative estimate of drug-likeness (QED) is 0.318. The first-order chi connectivity index (χ1) is 13.7. The maximum Gasteiger partial charge on any atom is 0.220 e. The van der Waals surface area contributed by atoms with Crippen LogP contribution in [0.2, 0.25) is 0 Å². The van der Waals surface area contributed by atoms with E-state index in [1.807, 2.05) is 0 Å². The zero-order valence-electron chi connectivity index (χ0n) is 16.2. The molecule has 0 N–H and O–H groups in total. The Balaban J connectivity index is 1.81. The standard InChI is InChI=1S/C27H22N/c1-19-16-22-10-6-7-11-23(22)17-25(19)27-26-18-24(20-8-4-3-5-9-20)13-12-21(26)14-15-28(27)2/h3-18H,1-2H3/q+1. The minimum Gasteiger partial charge on any atom is -0.200 e. The summed E-state index contributed by atoms with van der Waals surface area (Å²) in [7, 11) is 2.14. The number of fused-ring (bicyclic) bond motifs is 2. The monoisotopic (exact) mass is 360 g/mol. The van der Waals surface area contributed by atoms with Crippen molar-refractivity contribution in [3.05, 3.63) is 103 Å². The molecule has 1 heteroatoms. The smallest absolute Gasteiger partial charge is 0.200 e. The molecule has 0 radical (unpaired) electrons. The molecule has 0 aliphatic heterocycles. The molecule has 5 aromatic rings. The van der Waals surface area contributed by atoms with Crippen LogP contribution in [0.25, 0.3) is 43.9 Å². The second-order valence-electron chi connectivity index (χ2n) is 7.46. The lowest BCUT2D eigenvalue weighted by molar-refractivity contribution is -0.659. The van der Waals surface area contributed by atoms with Crippen molar-refractivity contribution in [2.45, 2.75) is 6.92 Å². The molecule has 0 saturated heterocycles. The first-order valence-electron chi connectivity index (χ1n) is 9.68. The number of hydrogen-bond donors (Lipinski definition) is 0. The zero-order valence-corrected chi connectivity index (χ0v) is 16.2. The second-order valence-corrected chi connectivity index (χ2v) is 7.46. The number of rotatable bonds is 2. The van der Waals surface area contributed by atoms with Gasteiger partial charge in [0.15, 0.2) is 6.20 Å². The average molecular weight is 360 g/mol. The van der Waals surface area contributed by atoms with Gasteiger partial charge in [-0.2, -0.15) is 0 Å². The fourth-order valence-corrected chi connectivity index (χ4v) is 4.12. The highest BCUT2D eigenvalue weighted by molar-refractivity contribution is 5.98. The fourth-order valence-electron chi connectivity index (χ4n) is 4.12. The minimum absolute atomic E-state index is 1.25. The van der Waals surface area contributed by atoms with E-state index in [0.717, 1.165) is 0 Å². The zero-order chi connectivity index (χ0) is 19.1. The third-order valence-corrected chi connectivity index (χ3v) is 5.59. The van der Waals surface area contributed by atoms with Crippen molar-refractivity contribution < 1.29 is 4.57 Å². The van der Waals surface area contributed by atoms with Gasteiger partial charge in [0.25, 0.3) is 0 Å². The van der Waals surface area contributed by atoms with E-state index in [9.17, 15) is 0 Å². The van der Waals surface area contributed by atoms with Crippen molar-refractivity contribution in [3.63, 3.8) is 0 Å². The van der Waals surface area contributed by atoms with E-state index in [2.05, 4.69) is 116 Å². The molecule has 134 valence electrons. The largest absolute Gasteiger partial charge is 0.220 e. The number of aryl methyl sites for hydroxylation is 2. The normalized spacial score (nSPS) is 11.2. The Hall–Kier alpha value is -3.45. The molecule has 0 bridgehead atoms. The van der Waals surface area contributed by atoms with Crippen molar-refractivity contribution in [3.8, 4) is 22.4 Å². The van der Waals surface area contributed by atoms with E-state index in [-0.39, 0.29) is 0 Å². The maximum absolute atomic E-state index is 2.33. The molecule has 0 saturated carbocycles. The van der Waals surface area contributed by atoms with Crippen LogP contribution in [0.5, 0.6) is 0 Å². The van der Waals surface area contributed by atoms with Crippen molar-refractivity contribution in [2.24, 2.45) is 7.05 Å². The summed E-state index contributed by atoms with van der Waals surface area (Å²) in [4.78, 5) is 0. The van der Waals surface area contributed by atoms with Gasteiger partial charge in [-0.1, -0.05) is 72.8 Å². The Kier molecular flexibility index (Phi) is 3.95. The summed E-state index contributed by atoms with van der Waals surface area (Å²) < 4.78 is 2.24. The molecule has 1 aromatic heterocycles. The molecular formula is C27H22N+. The number of aromatic nitrogens is 1. The highest BCUT2D eigenvalue weighted by Gasteiger charge is 2.18. The van der Waals surface area contributed by atoms with Crippen molar-refractivity contribution >= 4 is 21.5 Å². The van der Waals surface area contributed by atoms with Gasteiger partial charge in [0.2, 0.25) is 5.69 Å². The van der Waals surface area contributed by atoms with E-state index in [1.165, 1.54) is 49.5 Å². The highest BCUT2D eigenvalue weighted by Crippen LogP contribution is 2.33. The predicted molar refractivity (Wildman–Crippen MR) is 118 cm³/mol. The molecule has 0 fully saturated rings. The van der Waals surface area contributed by atoms with Crippen LogP contribution in [-0.4, -0.2) is 0 Å². The SMILES string of the molecule is Cc1cc2ccccc2cc1-c1c2cc(-c3ccccc3)ccc2cc[n+]1C. The van der Waals surface area contributed by atoms with E-state index >= 15 is 0 Å². The van der Waals surface area contributed by atoms with Crippen LogP contribution in [-0.2, 0) is 7.05 Å². The number of pyridine rings is 1. The summed E-state index contributed by atoms with van der Waals surface area (Å²) >= 11 is 0. The van der Waals surface area contributed by atoms with Gasteiger partial charge in [-0.15, -0.1) is 0 Å². The van der Waals surface area contributed by atoms with Gasteiger partial charge in [0.05, 0.1) is 10.9 Å². The molecular weight excluding hydrogens is 338 g/mol. The first-order valence-corrected chi connectivity index (χ1v) is 9.68. The van der Waals surface area contributed by atoms with Crippen molar-refractivity contribution in [2.75, 3.05) is 0 Å². The van der Waals surface area contributed by atoms with E-state index in [4.69, 9.17) is 0 Å². The van der Waals surface area contributed by atoms with Crippen molar-refractivity contribution in [1.82, 2.24) is 0 Å². The lowest BCUT2D eigenvalue weighted by Crippen LogP contribution is -2.30. The summed E-state index contributed by atoms with van der Waals surface area (Å²) in [5, 5.41) is 5.11. The Bertz CT molecular complexity index is 1320. The highest BCUT2D eigenvalue weighted by atomic mass is 14.9. The molecule has 0 aliphatic carbocycles. The molecule has 0 amide bonds. The van der Waals surface area contributed by atoms with Crippen LogP contribution in [0.15, 0.2) is 97.2 Å². The third kappa shape index (κ3) is 2.76. The van der Waals surface area contributed by atoms with Gasteiger partial charge in [-0.05, 0) is 51.9 Å². The topological polar surface area (TPSA) is 3.88 Å². The second kappa shape index (κ2) is 6.61. The van der Waals surface area contributed by atoms with Gasteiger partial charge < -0.3 is 0 Å². The van der Waals surface area contributed by atoms with Crippen LogP contribution in [0, 0.1) is 6.92 Å². The molecule has 0 spiro atoms. The van der Waals surface area contributed by atoms with Gasteiger partial charge in [0.1, 0.15) is 7.05 Å².